The first-order valence-corrected chi connectivity index (χ1v) is 4.90. The Morgan fingerprint density at radius 2 is 2.27 bits per heavy atom. The van der Waals surface area contributed by atoms with Gasteiger partial charge in [0.25, 0.3) is 5.69 Å². The maximum absolute atomic E-state index is 10.5. The van der Waals surface area contributed by atoms with Crippen LogP contribution < -0.4 is 0 Å². The molecule has 5 nitrogen and oxygen atoms in total. The monoisotopic (exact) mass is 267 g/mol. The molecule has 0 aliphatic rings. The zero-order chi connectivity index (χ0) is 10.8. The lowest BCUT2D eigenvalue weighted by atomic mass is 10.1. The zero-order valence-corrected chi connectivity index (χ0v) is 9.06. The number of H-pyrrole nitrogens is 1. The van der Waals surface area contributed by atoms with Crippen LogP contribution >= 0.6 is 15.9 Å². The second-order valence-corrected chi connectivity index (χ2v) is 3.74. The number of nitrogens with zero attached hydrogens (tertiary/aromatic N) is 2. The second kappa shape index (κ2) is 3.82. The van der Waals surface area contributed by atoms with Crippen LogP contribution in [0.5, 0.6) is 0 Å². The number of nitrogens with one attached hydrogen (secondary N) is 1. The number of halogens is 1. The van der Waals surface area contributed by atoms with E-state index in [0.717, 1.165) is 11.3 Å². The molecular formula is C9H6BrN3O2. The molecule has 0 fully saturated rings. The van der Waals surface area contributed by atoms with E-state index in [-0.39, 0.29) is 5.69 Å². The summed E-state index contributed by atoms with van der Waals surface area (Å²) in [4.78, 5) is 16.9. The van der Waals surface area contributed by atoms with Gasteiger partial charge in [-0.1, -0.05) is 0 Å². The van der Waals surface area contributed by atoms with Crippen molar-refractivity contribution >= 4 is 21.6 Å². The van der Waals surface area contributed by atoms with Crippen LogP contribution in [0.25, 0.3) is 11.3 Å². The highest BCUT2D eigenvalue weighted by Gasteiger charge is 2.10. The summed E-state index contributed by atoms with van der Waals surface area (Å²) in [5.74, 6) is 0. The Balaban J connectivity index is 2.48. The molecule has 1 heterocycles. The van der Waals surface area contributed by atoms with Gasteiger partial charge in [0.15, 0.2) is 0 Å². The van der Waals surface area contributed by atoms with E-state index < -0.39 is 4.92 Å². The van der Waals surface area contributed by atoms with Gasteiger partial charge in [-0.05, 0) is 22.0 Å². The Morgan fingerprint density at radius 3 is 2.80 bits per heavy atom. The quantitative estimate of drug-likeness (QED) is 0.672. The van der Waals surface area contributed by atoms with Crippen LogP contribution in [-0.2, 0) is 0 Å². The summed E-state index contributed by atoms with van der Waals surface area (Å²) in [6.45, 7) is 0. The summed E-state index contributed by atoms with van der Waals surface area (Å²) < 4.78 is 0.668. The van der Waals surface area contributed by atoms with Crippen LogP contribution in [0.4, 0.5) is 5.69 Å². The minimum absolute atomic E-state index is 0.0603. The molecule has 0 aliphatic heterocycles. The van der Waals surface area contributed by atoms with Gasteiger partial charge in [0, 0.05) is 22.2 Å². The molecule has 0 saturated carbocycles. The fourth-order valence-corrected chi connectivity index (χ4v) is 1.82. The molecule has 0 atom stereocenters. The number of nitro benzene ring substituents is 1. The molecule has 76 valence electrons. The molecule has 0 spiro atoms. The van der Waals surface area contributed by atoms with Gasteiger partial charge < -0.3 is 4.98 Å². The molecule has 2 aromatic rings. The summed E-state index contributed by atoms with van der Waals surface area (Å²) in [7, 11) is 0. The predicted octanol–water partition coefficient (Wildman–Crippen LogP) is 2.75. The topological polar surface area (TPSA) is 71.8 Å². The van der Waals surface area contributed by atoms with E-state index in [9.17, 15) is 10.1 Å². The van der Waals surface area contributed by atoms with Crippen LogP contribution in [0.2, 0.25) is 0 Å². The maximum Gasteiger partial charge on any atom is 0.270 e. The van der Waals surface area contributed by atoms with Gasteiger partial charge in [0.1, 0.15) is 0 Å². The number of hydrogen-bond acceptors (Lipinski definition) is 3. The third-order valence-corrected chi connectivity index (χ3v) is 2.61. The van der Waals surface area contributed by atoms with Crippen molar-refractivity contribution in [3.05, 3.63) is 45.3 Å². The van der Waals surface area contributed by atoms with Crippen molar-refractivity contribution < 1.29 is 4.92 Å². The van der Waals surface area contributed by atoms with Gasteiger partial charge >= 0.3 is 0 Å². The Labute approximate surface area is 93.4 Å². The minimum atomic E-state index is -0.429. The van der Waals surface area contributed by atoms with Gasteiger partial charge in [0.05, 0.1) is 23.1 Å². The number of aromatic amines is 1. The van der Waals surface area contributed by atoms with E-state index in [1.807, 2.05) is 0 Å². The van der Waals surface area contributed by atoms with Gasteiger partial charge in [-0.25, -0.2) is 4.98 Å². The number of benzene rings is 1. The van der Waals surface area contributed by atoms with Crippen molar-refractivity contribution in [1.29, 1.82) is 0 Å². The molecule has 2 rings (SSSR count). The highest BCUT2D eigenvalue weighted by atomic mass is 79.9. The van der Waals surface area contributed by atoms with Crippen LogP contribution in [0.15, 0.2) is 35.2 Å². The lowest BCUT2D eigenvalue weighted by molar-refractivity contribution is -0.384. The van der Waals surface area contributed by atoms with Crippen LogP contribution in [0.1, 0.15) is 0 Å². The van der Waals surface area contributed by atoms with Gasteiger partial charge in [-0.2, -0.15) is 0 Å². The molecule has 6 heteroatoms. The fraction of sp³-hybridized carbons (Fsp3) is 0. The van der Waals surface area contributed by atoms with Crippen LogP contribution in [0.3, 0.4) is 0 Å². The first-order chi connectivity index (χ1) is 7.18. The van der Waals surface area contributed by atoms with Crippen molar-refractivity contribution in [3.8, 4) is 11.3 Å². The summed E-state index contributed by atoms with van der Waals surface area (Å²) in [5.41, 5.74) is 1.72. The molecule has 0 saturated heterocycles. The molecular weight excluding hydrogens is 262 g/mol. The summed E-state index contributed by atoms with van der Waals surface area (Å²) >= 11 is 3.28. The predicted molar refractivity (Wildman–Crippen MR) is 58.4 cm³/mol. The average Bonchev–Trinajstić information content (AvgIpc) is 2.70. The molecule has 1 aromatic carbocycles. The van der Waals surface area contributed by atoms with E-state index in [1.165, 1.54) is 12.1 Å². The maximum atomic E-state index is 10.5. The number of imidazole rings is 1. The van der Waals surface area contributed by atoms with Crippen molar-refractivity contribution in [2.45, 2.75) is 0 Å². The largest absolute Gasteiger partial charge is 0.345 e. The third kappa shape index (κ3) is 1.89. The molecule has 0 radical (unpaired) electrons. The fourth-order valence-electron chi connectivity index (χ4n) is 1.24. The first kappa shape index (κ1) is 9.85. The lowest BCUT2D eigenvalue weighted by Gasteiger charge is -2.00. The number of hydrogen-bond donors (Lipinski definition) is 1. The summed E-state index contributed by atoms with van der Waals surface area (Å²) in [5, 5.41) is 10.5. The highest BCUT2D eigenvalue weighted by Crippen LogP contribution is 2.29. The Kier molecular flexibility index (Phi) is 2.51. The summed E-state index contributed by atoms with van der Waals surface area (Å²) in [6, 6.07) is 4.60. The molecule has 0 unspecified atom stereocenters. The van der Waals surface area contributed by atoms with Gasteiger partial charge in [-0.15, -0.1) is 0 Å². The van der Waals surface area contributed by atoms with Gasteiger partial charge in [0.2, 0.25) is 0 Å². The van der Waals surface area contributed by atoms with Crippen LogP contribution in [0, 0.1) is 10.1 Å². The standard InChI is InChI=1S/C9H6BrN3O2/c10-8-3-6(13(14)15)1-2-7(8)9-4-11-5-12-9/h1-5H,(H,11,12). The number of non-ortho nitro benzene ring substituents is 1. The van der Waals surface area contributed by atoms with Crippen LogP contribution in [-0.4, -0.2) is 14.9 Å². The minimum Gasteiger partial charge on any atom is -0.345 e. The molecule has 0 amide bonds. The molecule has 0 aliphatic carbocycles. The van der Waals surface area contributed by atoms with E-state index in [1.54, 1.807) is 18.6 Å². The Bertz CT molecular complexity index is 496. The zero-order valence-electron chi connectivity index (χ0n) is 7.48. The molecule has 1 aromatic heterocycles. The second-order valence-electron chi connectivity index (χ2n) is 2.89. The highest BCUT2D eigenvalue weighted by molar-refractivity contribution is 9.10. The molecule has 15 heavy (non-hydrogen) atoms. The number of rotatable bonds is 2. The van der Waals surface area contributed by atoms with E-state index in [2.05, 4.69) is 25.9 Å². The van der Waals surface area contributed by atoms with Crippen molar-refractivity contribution in [3.63, 3.8) is 0 Å². The smallest absolute Gasteiger partial charge is 0.270 e. The average molecular weight is 268 g/mol. The summed E-state index contributed by atoms with van der Waals surface area (Å²) in [6.07, 6.45) is 3.22. The number of aromatic nitrogens is 2. The van der Waals surface area contributed by atoms with Crippen molar-refractivity contribution in [1.82, 2.24) is 9.97 Å². The van der Waals surface area contributed by atoms with E-state index >= 15 is 0 Å². The lowest BCUT2D eigenvalue weighted by Crippen LogP contribution is -1.88. The molecule has 1 N–H and O–H groups in total. The number of nitro groups is 1. The Hall–Kier alpha value is -1.69. The normalized spacial score (nSPS) is 10.2. The van der Waals surface area contributed by atoms with Gasteiger partial charge in [-0.3, -0.25) is 10.1 Å². The van der Waals surface area contributed by atoms with Crippen molar-refractivity contribution in [2.24, 2.45) is 0 Å². The SMILES string of the molecule is O=[N+]([O-])c1ccc(-c2cnc[nH]2)c(Br)c1. The third-order valence-electron chi connectivity index (χ3n) is 1.95. The van der Waals surface area contributed by atoms with E-state index in [0.29, 0.717) is 4.47 Å². The van der Waals surface area contributed by atoms with Crippen molar-refractivity contribution in [2.75, 3.05) is 0 Å². The Morgan fingerprint density at radius 1 is 1.47 bits per heavy atom. The first-order valence-electron chi connectivity index (χ1n) is 4.11. The van der Waals surface area contributed by atoms with E-state index in [4.69, 9.17) is 0 Å². The molecule has 0 bridgehead atoms.